The van der Waals surface area contributed by atoms with E-state index in [2.05, 4.69) is 0 Å². The predicted octanol–water partition coefficient (Wildman–Crippen LogP) is 1.85. The highest BCUT2D eigenvalue weighted by atomic mass is 32.2. The van der Waals surface area contributed by atoms with Crippen LogP contribution < -0.4 is 4.90 Å². The molecule has 0 aromatic heterocycles. The number of carbonyl (C=O) groups is 1. The molecule has 0 radical (unpaired) electrons. The third kappa shape index (κ3) is 2.79. The van der Waals surface area contributed by atoms with Gasteiger partial charge >= 0.3 is 0 Å². The molecule has 1 aliphatic heterocycles. The summed E-state index contributed by atoms with van der Waals surface area (Å²) >= 11 is 0. The SMILES string of the molecule is CCOS(=O)(=O)c1ccc(C)cc1N1CCCC1=O. The number of benzene rings is 1. The minimum absolute atomic E-state index is 0.0430. The van der Waals surface area contributed by atoms with Crippen molar-refractivity contribution in [1.29, 1.82) is 0 Å². The number of carbonyl (C=O) groups excluding carboxylic acids is 1. The van der Waals surface area contributed by atoms with Crippen molar-refractivity contribution < 1.29 is 17.4 Å². The summed E-state index contributed by atoms with van der Waals surface area (Å²) in [5.41, 5.74) is 1.33. The molecule has 1 aromatic rings. The van der Waals surface area contributed by atoms with E-state index in [1.807, 2.05) is 6.92 Å². The van der Waals surface area contributed by atoms with Crippen LogP contribution in [0.3, 0.4) is 0 Å². The molecule has 6 heteroatoms. The van der Waals surface area contributed by atoms with Crippen LogP contribution in [-0.2, 0) is 19.1 Å². The van der Waals surface area contributed by atoms with Gasteiger partial charge in [-0.2, -0.15) is 8.42 Å². The van der Waals surface area contributed by atoms with Crippen LogP contribution in [0.15, 0.2) is 23.1 Å². The normalized spacial score (nSPS) is 16.1. The van der Waals surface area contributed by atoms with E-state index in [-0.39, 0.29) is 17.4 Å². The van der Waals surface area contributed by atoms with E-state index in [0.717, 1.165) is 12.0 Å². The van der Waals surface area contributed by atoms with Crippen molar-refractivity contribution in [1.82, 2.24) is 0 Å². The van der Waals surface area contributed by atoms with Crippen LogP contribution >= 0.6 is 0 Å². The van der Waals surface area contributed by atoms with Crippen molar-refractivity contribution >= 4 is 21.7 Å². The number of amides is 1. The second-order valence-corrected chi connectivity index (χ2v) is 6.06. The van der Waals surface area contributed by atoms with Gasteiger partial charge in [-0.05, 0) is 38.0 Å². The largest absolute Gasteiger partial charge is 0.311 e. The first-order valence-electron chi connectivity index (χ1n) is 6.26. The zero-order valence-corrected chi connectivity index (χ0v) is 11.9. The highest BCUT2D eigenvalue weighted by Gasteiger charge is 2.28. The fraction of sp³-hybridized carbons (Fsp3) is 0.462. The molecular formula is C13H17NO4S. The third-order valence-electron chi connectivity index (χ3n) is 3.02. The van der Waals surface area contributed by atoms with Crippen LogP contribution in [-0.4, -0.2) is 27.5 Å². The summed E-state index contributed by atoms with van der Waals surface area (Å²) in [6.45, 7) is 4.11. The fourth-order valence-corrected chi connectivity index (χ4v) is 3.27. The molecule has 1 aromatic carbocycles. The quantitative estimate of drug-likeness (QED) is 0.791. The average molecular weight is 283 g/mol. The summed E-state index contributed by atoms with van der Waals surface area (Å²) in [5, 5.41) is 0. The Balaban J connectivity index is 2.53. The number of rotatable bonds is 4. The van der Waals surface area contributed by atoms with Crippen molar-refractivity contribution in [3.05, 3.63) is 23.8 Å². The van der Waals surface area contributed by atoms with Gasteiger partial charge in [0.25, 0.3) is 10.1 Å². The Bertz CT molecular complexity index is 595. The first-order chi connectivity index (χ1) is 8.95. The van der Waals surface area contributed by atoms with Crippen molar-refractivity contribution in [2.75, 3.05) is 18.1 Å². The zero-order chi connectivity index (χ0) is 14.0. The van der Waals surface area contributed by atoms with E-state index in [9.17, 15) is 13.2 Å². The predicted molar refractivity (Wildman–Crippen MR) is 71.6 cm³/mol. The molecule has 0 spiro atoms. The molecule has 0 N–H and O–H groups in total. The van der Waals surface area contributed by atoms with Crippen LogP contribution in [0.4, 0.5) is 5.69 Å². The second kappa shape index (κ2) is 5.30. The lowest BCUT2D eigenvalue weighted by Crippen LogP contribution is -2.26. The monoisotopic (exact) mass is 283 g/mol. The zero-order valence-electron chi connectivity index (χ0n) is 11.0. The van der Waals surface area contributed by atoms with E-state index in [1.165, 1.54) is 11.0 Å². The van der Waals surface area contributed by atoms with Gasteiger partial charge in [0.1, 0.15) is 4.90 Å². The third-order valence-corrected chi connectivity index (χ3v) is 4.45. The Kier molecular flexibility index (Phi) is 3.91. The van der Waals surface area contributed by atoms with Crippen LogP contribution in [0.25, 0.3) is 0 Å². The van der Waals surface area contributed by atoms with Crippen LogP contribution in [0.1, 0.15) is 25.3 Å². The van der Waals surface area contributed by atoms with Crippen molar-refractivity contribution in [3.63, 3.8) is 0 Å². The number of hydrogen-bond donors (Lipinski definition) is 0. The second-order valence-electron chi connectivity index (χ2n) is 4.48. The Morgan fingerprint density at radius 1 is 1.37 bits per heavy atom. The van der Waals surface area contributed by atoms with Gasteiger partial charge in [0.2, 0.25) is 5.91 Å². The molecule has 1 aliphatic rings. The van der Waals surface area contributed by atoms with E-state index >= 15 is 0 Å². The number of hydrogen-bond acceptors (Lipinski definition) is 4. The van der Waals surface area contributed by atoms with Gasteiger partial charge in [-0.1, -0.05) is 6.07 Å². The van der Waals surface area contributed by atoms with E-state index < -0.39 is 10.1 Å². The molecule has 1 fully saturated rings. The summed E-state index contributed by atoms with van der Waals surface area (Å²) in [4.78, 5) is 13.4. The fourth-order valence-electron chi connectivity index (χ4n) is 2.17. The lowest BCUT2D eigenvalue weighted by Gasteiger charge is -2.20. The first-order valence-corrected chi connectivity index (χ1v) is 7.67. The van der Waals surface area contributed by atoms with E-state index in [1.54, 1.807) is 19.1 Å². The number of nitrogens with zero attached hydrogens (tertiary/aromatic N) is 1. The molecule has 1 heterocycles. The van der Waals surface area contributed by atoms with Gasteiger partial charge < -0.3 is 4.90 Å². The maximum Gasteiger partial charge on any atom is 0.299 e. The van der Waals surface area contributed by atoms with Gasteiger partial charge in [-0.15, -0.1) is 0 Å². The maximum absolute atomic E-state index is 12.1. The maximum atomic E-state index is 12.1. The molecule has 0 saturated carbocycles. The minimum Gasteiger partial charge on any atom is -0.311 e. The van der Waals surface area contributed by atoms with Gasteiger partial charge in [0.05, 0.1) is 12.3 Å². The molecule has 0 atom stereocenters. The molecule has 0 bridgehead atoms. The molecule has 1 amide bonds. The van der Waals surface area contributed by atoms with Crippen LogP contribution in [0, 0.1) is 6.92 Å². The van der Waals surface area contributed by atoms with Gasteiger partial charge in [-0.25, -0.2) is 0 Å². The molecule has 0 aliphatic carbocycles. The van der Waals surface area contributed by atoms with Crippen LogP contribution in [0.2, 0.25) is 0 Å². The summed E-state index contributed by atoms with van der Waals surface area (Å²) < 4.78 is 29.0. The summed E-state index contributed by atoms with van der Waals surface area (Å²) in [6.07, 6.45) is 1.21. The minimum atomic E-state index is -3.81. The first kappa shape index (κ1) is 14.0. The lowest BCUT2D eigenvalue weighted by molar-refractivity contribution is -0.117. The van der Waals surface area contributed by atoms with Crippen molar-refractivity contribution in [3.8, 4) is 0 Å². The average Bonchev–Trinajstić information content (AvgIpc) is 2.74. The highest BCUT2D eigenvalue weighted by Crippen LogP contribution is 2.30. The lowest BCUT2D eigenvalue weighted by atomic mass is 10.2. The topological polar surface area (TPSA) is 63.7 Å². The Labute approximate surface area is 113 Å². The van der Waals surface area contributed by atoms with Gasteiger partial charge in [0.15, 0.2) is 0 Å². The highest BCUT2D eigenvalue weighted by molar-refractivity contribution is 7.87. The van der Waals surface area contributed by atoms with E-state index in [4.69, 9.17) is 4.18 Å². The molecular weight excluding hydrogens is 266 g/mol. The molecule has 0 unspecified atom stereocenters. The Morgan fingerprint density at radius 2 is 2.11 bits per heavy atom. The van der Waals surface area contributed by atoms with Crippen molar-refractivity contribution in [2.45, 2.75) is 31.6 Å². The number of aryl methyl sites for hydroxylation is 1. The Morgan fingerprint density at radius 3 is 2.68 bits per heavy atom. The molecule has 2 rings (SSSR count). The van der Waals surface area contributed by atoms with Crippen molar-refractivity contribution in [2.24, 2.45) is 0 Å². The Hall–Kier alpha value is -1.40. The number of anilines is 1. The standard InChI is InChI=1S/C13H17NO4S/c1-3-18-19(16,17)12-7-6-10(2)9-11(12)14-8-4-5-13(14)15/h6-7,9H,3-5,8H2,1-2H3. The summed E-state index contributed by atoms with van der Waals surface area (Å²) in [6, 6.07) is 4.92. The molecule has 5 nitrogen and oxygen atoms in total. The molecule has 104 valence electrons. The molecule has 1 saturated heterocycles. The van der Waals surface area contributed by atoms with Gasteiger partial charge in [0, 0.05) is 13.0 Å². The summed E-state index contributed by atoms with van der Waals surface area (Å²) in [5.74, 6) is -0.0430. The van der Waals surface area contributed by atoms with E-state index in [0.29, 0.717) is 18.7 Å². The summed E-state index contributed by atoms with van der Waals surface area (Å²) in [7, 11) is -3.81. The molecule has 19 heavy (non-hydrogen) atoms. The van der Waals surface area contributed by atoms with Crippen LogP contribution in [0.5, 0.6) is 0 Å². The van der Waals surface area contributed by atoms with Gasteiger partial charge in [-0.3, -0.25) is 8.98 Å². The smallest absolute Gasteiger partial charge is 0.299 e.